The zero-order valence-corrected chi connectivity index (χ0v) is 11.6. The van der Waals surface area contributed by atoms with Gasteiger partial charge in [-0.2, -0.15) is 0 Å². The number of hydrogen-bond donors (Lipinski definition) is 2. The summed E-state index contributed by atoms with van der Waals surface area (Å²) in [6.45, 7) is 2.66. The van der Waals surface area contributed by atoms with Gasteiger partial charge in [-0.25, -0.2) is 4.39 Å². The first-order chi connectivity index (χ1) is 10.1. The van der Waals surface area contributed by atoms with Crippen LogP contribution in [0.2, 0.25) is 0 Å². The van der Waals surface area contributed by atoms with Crippen molar-refractivity contribution in [2.75, 3.05) is 6.61 Å². The van der Waals surface area contributed by atoms with Crippen molar-refractivity contribution in [3.8, 4) is 11.5 Å². The smallest absolute Gasteiger partial charge is 0.491 e. The lowest BCUT2D eigenvalue weighted by Gasteiger charge is -2.10. The first kappa shape index (κ1) is 15.3. The number of rotatable bonds is 6. The van der Waals surface area contributed by atoms with E-state index in [1.54, 1.807) is 12.1 Å². The van der Waals surface area contributed by atoms with Gasteiger partial charge in [-0.05, 0) is 30.7 Å². The molecule has 0 amide bonds. The maximum absolute atomic E-state index is 13.3. The number of hydrogen-bond acceptors (Lipinski definition) is 4. The van der Waals surface area contributed by atoms with Crippen LogP contribution in [0.4, 0.5) is 4.39 Å². The number of halogens is 1. The largest absolute Gasteiger partial charge is 0.494 e. The van der Waals surface area contributed by atoms with Crippen LogP contribution in [-0.4, -0.2) is 23.8 Å². The summed E-state index contributed by atoms with van der Waals surface area (Å²) in [7, 11) is -1.84. The topological polar surface area (TPSA) is 58.9 Å². The summed E-state index contributed by atoms with van der Waals surface area (Å²) >= 11 is 0. The Kier molecular flexibility index (Phi) is 5.19. The van der Waals surface area contributed by atoms with Gasteiger partial charge in [0.15, 0.2) is 0 Å². The zero-order chi connectivity index (χ0) is 15.2. The van der Waals surface area contributed by atoms with E-state index in [1.807, 2.05) is 19.1 Å². The molecular formula is C15H16BFO4. The molecule has 0 saturated heterocycles. The maximum Gasteiger partial charge on any atom is 0.491 e. The SMILES string of the molecule is CCOc1cccc(OCc2ccc(F)c(B(O)O)c2)c1. The molecule has 0 atom stereocenters. The lowest BCUT2D eigenvalue weighted by atomic mass is 9.79. The van der Waals surface area contributed by atoms with E-state index < -0.39 is 12.9 Å². The fraction of sp³-hybridized carbons (Fsp3) is 0.200. The van der Waals surface area contributed by atoms with Crippen LogP contribution in [0.1, 0.15) is 12.5 Å². The van der Waals surface area contributed by atoms with Gasteiger partial charge in [0.25, 0.3) is 0 Å². The van der Waals surface area contributed by atoms with Crippen LogP contribution in [0.3, 0.4) is 0 Å². The van der Waals surface area contributed by atoms with E-state index in [0.29, 0.717) is 23.7 Å². The van der Waals surface area contributed by atoms with E-state index in [9.17, 15) is 4.39 Å². The first-order valence-electron chi connectivity index (χ1n) is 6.60. The van der Waals surface area contributed by atoms with Gasteiger partial charge >= 0.3 is 7.12 Å². The Bertz CT molecular complexity index is 604. The van der Waals surface area contributed by atoms with Gasteiger partial charge in [-0.1, -0.05) is 18.2 Å². The molecule has 2 N–H and O–H groups in total. The summed E-state index contributed by atoms with van der Waals surface area (Å²) in [6.07, 6.45) is 0. The second-order valence-corrected chi connectivity index (χ2v) is 4.43. The molecule has 0 unspecified atom stereocenters. The lowest BCUT2D eigenvalue weighted by molar-refractivity contribution is 0.299. The van der Waals surface area contributed by atoms with Crippen molar-refractivity contribution in [3.05, 3.63) is 53.8 Å². The fourth-order valence-electron chi connectivity index (χ4n) is 1.87. The molecule has 2 aromatic carbocycles. The van der Waals surface area contributed by atoms with Gasteiger partial charge in [0.2, 0.25) is 0 Å². The Morgan fingerprint density at radius 2 is 1.76 bits per heavy atom. The van der Waals surface area contributed by atoms with E-state index in [-0.39, 0.29) is 12.1 Å². The highest BCUT2D eigenvalue weighted by Gasteiger charge is 2.16. The summed E-state index contributed by atoms with van der Waals surface area (Å²) in [5, 5.41) is 18.1. The van der Waals surface area contributed by atoms with Crippen LogP contribution in [-0.2, 0) is 6.61 Å². The van der Waals surface area contributed by atoms with E-state index in [0.717, 1.165) is 0 Å². The average molecular weight is 290 g/mol. The van der Waals surface area contributed by atoms with Gasteiger partial charge in [0.1, 0.15) is 23.9 Å². The highest BCUT2D eigenvalue weighted by molar-refractivity contribution is 6.58. The Hall–Kier alpha value is -2.05. The zero-order valence-electron chi connectivity index (χ0n) is 11.6. The van der Waals surface area contributed by atoms with E-state index >= 15 is 0 Å². The third kappa shape index (κ3) is 4.21. The minimum absolute atomic E-state index is 0.167. The standard InChI is InChI=1S/C15H16BFO4/c1-2-20-12-4-3-5-13(9-12)21-10-11-6-7-15(17)14(8-11)16(18)19/h3-9,18-19H,2,10H2,1H3. The molecule has 0 saturated carbocycles. The molecule has 110 valence electrons. The second kappa shape index (κ2) is 7.10. The molecule has 0 radical (unpaired) electrons. The van der Waals surface area contributed by atoms with Crippen LogP contribution in [0, 0.1) is 5.82 Å². The van der Waals surface area contributed by atoms with Crippen molar-refractivity contribution in [2.45, 2.75) is 13.5 Å². The van der Waals surface area contributed by atoms with Crippen LogP contribution >= 0.6 is 0 Å². The monoisotopic (exact) mass is 290 g/mol. The molecule has 0 aromatic heterocycles. The van der Waals surface area contributed by atoms with Crippen molar-refractivity contribution in [2.24, 2.45) is 0 Å². The summed E-state index contributed by atoms with van der Waals surface area (Å²) in [4.78, 5) is 0. The van der Waals surface area contributed by atoms with Crippen molar-refractivity contribution >= 4 is 12.6 Å². The van der Waals surface area contributed by atoms with Crippen molar-refractivity contribution in [1.82, 2.24) is 0 Å². The Morgan fingerprint density at radius 1 is 1.05 bits per heavy atom. The predicted octanol–water partition coefficient (Wildman–Crippen LogP) is 1.48. The van der Waals surface area contributed by atoms with Gasteiger partial charge in [0.05, 0.1) is 6.61 Å². The molecule has 0 aliphatic carbocycles. The summed E-state index contributed by atoms with van der Waals surface area (Å²) < 4.78 is 24.3. The van der Waals surface area contributed by atoms with Gasteiger partial charge in [-0.3, -0.25) is 0 Å². The molecule has 0 aliphatic heterocycles. The molecular weight excluding hydrogens is 274 g/mol. The molecule has 0 heterocycles. The van der Waals surface area contributed by atoms with Gasteiger partial charge in [-0.15, -0.1) is 0 Å². The third-order valence-electron chi connectivity index (χ3n) is 2.86. The molecule has 21 heavy (non-hydrogen) atoms. The molecule has 6 heteroatoms. The van der Waals surface area contributed by atoms with Crippen LogP contribution in [0.25, 0.3) is 0 Å². The summed E-state index contributed by atoms with van der Waals surface area (Å²) in [5.41, 5.74) is 0.473. The average Bonchev–Trinajstić information content (AvgIpc) is 2.47. The normalized spacial score (nSPS) is 10.3. The minimum Gasteiger partial charge on any atom is -0.494 e. The van der Waals surface area contributed by atoms with Crippen molar-refractivity contribution < 1.29 is 23.9 Å². The minimum atomic E-state index is -1.84. The quantitative estimate of drug-likeness (QED) is 0.791. The highest BCUT2D eigenvalue weighted by atomic mass is 19.1. The number of benzene rings is 2. The molecule has 0 bridgehead atoms. The molecule has 0 spiro atoms. The van der Waals surface area contributed by atoms with Crippen LogP contribution < -0.4 is 14.9 Å². The number of ether oxygens (including phenoxy) is 2. The maximum atomic E-state index is 13.3. The first-order valence-corrected chi connectivity index (χ1v) is 6.60. The van der Waals surface area contributed by atoms with Crippen LogP contribution in [0.15, 0.2) is 42.5 Å². The Labute approximate surface area is 122 Å². The second-order valence-electron chi connectivity index (χ2n) is 4.43. The lowest BCUT2D eigenvalue weighted by Crippen LogP contribution is -2.33. The van der Waals surface area contributed by atoms with Gasteiger partial charge in [0, 0.05) is 11.5 Å². The van der Waals surface area contributed by atoms with Crippen molar-refractivity contribution in [3.63, 3.8) is 0 Å². The molecule has 2 rings (SSSR count). The fourth-order valence-corrected chi connectivity index (χ4v) is 1.87. The van der Waals surface area contributed by atoms with Gasteiger partial charge < -0.3 is 19.5 Å². The predicted molar refractivity (Wildman–Crippen MR) is 78.2 cm³/mol. The highest BCUT2D eigenvalue weighted by Crippen LogP contribution is 2.20. The van der Waals surface area contributed by atoms with E-state index in [4.69, 9.17) is 19.5 Å². The summed E-state index contributed by atoms with van der Waals surface area (Å²) in [6, 6.07) is 11.3. The Morgan fingerprint density at radius 3 is 2.43 bits per heavy atom. The molecule has 2 aromatic rings. The van der Waals surface area contributed by atoms with E-state index in [2.05, 4.69) is 0 Å². The molecule has 4 nitrogen and oxygen atoms in total. The van der Waals surface area contributed by atoms with E-state index in [1.165, 1.54) is 18.2 Å². The summed E-state index contributed by atoms with van der Waals surface area (Å²) in [5.74, 6) is 0.670. The molecule has 0 aliphatic rings. The van der Waals surface area contributed by atoms with Crippen molar-refractivity contribution in [1.29, 1.82) is 0 Å². The van der Waals surface area contributed by atoms with Crippen LogP contribution in [0.5, 0.6) is 11.5 Å². The molecule has 0 fully saturated rings. The third-order valence-corrected chi connectivity index (χ3v) is 2.86. The Balaban J connectivity index is 2.06.